The van der Waals surface area contributed by atoms with E-state index >= 15 is 0 Å². The molecule has 0 heterocycles. The first-order valence-corrected chi connectivity index (χ1v) is 17.6. The van der Waals surface area contributed by atoms with E-state index in [0.717, 1.165) is 0 Å². The zero-order valence-corrected chi connectivity index (χ0v) is 19.0. The van der Waals surface area contributed by atoms with Crippen molar-refractivity contribution >= 4 is 18.4 Å². The molecule has 0 bridgehead atoms. The molecule has 23 heavy (non-hydrogen) atoms. The van der Waals surface area contributed by atoms with Gasteiger partial charge in [-0.3, -0.25) is 0 Å². The summed E-state index contributed by atoms with van der Waals surface area (Å²) >= 11 is -2.68. The summed E-state index contributed by atoms with van der Waals surface area (Å²) in [5, 5.41) is 21.7. The van der Waals surface area contributed by atoms with Crippen LogP contribution in [-0.2, 0) is 4.74 Å². The van der Waals surface area contributed by atoms with Crippen LogP contribution in [0.5, 0.6) is 0 Å². The fourth-order valence-corrected chi connectivity index (χ4v) is 24.3. The molecular weight excluding hydrogens is 395 g/mol. The Hall–Kier alpha value is 0.679. The topological polar surface area (TPSA) is 49.7 Å². The van der Waals surface area contributed by atoms with Gasteiger partial charge in [0.2, 0.25) is 0 Å². The number of hydrogen-bond donors (Lipinski definition) is 2. The predicted octanol–water partition coefficient (Wildman–Crippen LogP) is 5.08. The zero-order chi connectivity index (χ0) is 17.5. The van der Waals surface area contributed by atoms with Gasteiger partial charge in [0.1, 0.15) is 0 Å². The van der Waals surface area contributed by atoms with Crippen LogP contribution in [0.25, 0.3) is 0 Å². The SMILES string of the molecule is CCC[CH2][Sn]([CH2]CCC)([CH2]CCC)[C@@H]1[C@@H](O)C[C@@]1(O)OC(C)C. The molecule has 0 spiro atoms. The standard InChI is InChI=1S/C7H13O3.3C4H9.Sn/c1-5(2)10-7(9)3-6(8)4-7;3*1-3-4-2;/h3,5-6,8-9H,4H2,1-2H3;3*1,3-4H2,2H3;/t6-,7+;;;;/m1..../s1. The Kier molecular flexibility index (Phi) is 9.43. The van der Waals surface area contributed by atoms with Gasteiger partial charge in [-0.1, -0.05) is 0 Å². The maximum absolute atomic E-state index is 11.1. The fourth-order valence-electron chi connectivity index (χ4n) is 4.53. The van der Waals surface area contributed by atoms with Gasteiger partial charge in [0, 0.05) is 0 Å². The normalized spacial score (nSPS) is 28.2. The van der Waals surface area contributed by atoms with E-state index in [9.17, 15) is 10.2 Å². The molecule has 0 saturated heterocycles. The Bertz CT molecular complexity index is 313. The predicted molar refractivity (Wildman–Crippen MR) is 100 cm³/mol. The van der Waals surface area contributed by atoms with Crippen LogP contribution in [-0.4, -0.2) is 46.6 Å². The summed E-state index contributed by atoms with van der Waals surface area (Å²) < 4.78 is 9.93. The Labute approximate surface area is 148 Å². The molecule has 0 aromatic heterocycles. The van der Waals surface area contributed by atoms with E-state index in [1.165, 1.54) is 51.8 Å². The zero-order valence-electron chi connectivity index (χ0n) is 16.1. The van der Waals surface area contributed by atoms with Crippen LogP contribution in [0.4, 0.5) is 0 Å². The van der Waals surface area contributed by atoms with Gasteiger partial charge in [-0.15, -0.1) is 0 Å². The van der Waals surface area contributed by atoms with Gasteiger partial charge in [-0.2, -0.15) is 0 Å². The third kappa shape index (κ3) is 5.58. The van der Waals surface area contributed by atoms with Crippen molar-refractivity contribution in [3.8, 4) is 0 Å². The molecule has 0 unspecified atom stereocenters. The Morgan fingerprint density at radius 3 is 1.74 bits per heavy atom. The van der Waals surface area contributed by atoms with Crippen molar-refractivity contribution < 1.29 is 14.9 Å². The Balaban J connectivity index is 3.05. The van der Waals surface area contributed by atoms with Gasteiger partial charge in [0.25, 0.3) is 0 Å². The first-order valence-electron chi connectivity index (χ1n) is 9.93. The van der Waals surface area contributed by atoms with Crippen LogP contribution < -0.4 is 0 Å². The van der Waals surface area contributed by atoms with E-state index in [4.69, 9.17) is 4.74 Å². The maximum atomic E-state index is 11.1. The fraction of sp³-hybridized carbons (Fsp3) is 1.00. The molecule has 1 fully saturated rings. The quantitative estimate of drug-likeness (QED) is 0.332. The number of aliphatic hydroxyl groups is 2. The number of rotatable bonds is 12. The van der Waals surface area contributed by atoms with E-state index in [1.54, 1.807) is 0 Å². The molecule has 1 aliphatic carbocycles. The molecule has 0 aromatic rings. The molecule has 1 saturated carbocycles. The molecule has 2 N–H and O–H groups in total. The monoisotopic (exact) mass is 436 g/mol. The molecular formula is C19H40O3Sn. The van der Waals surface area contributed by atoms with Crippen molar-refractivity contribution in [2.24, 2.45) is 0 Å². The molecule has 0 amide bonds. The van der Waals surface area contributed by atoms with Gasteiger partial charge < -0.3 is 0 Å². The van der Waals surface area contributed by atoms with Crippen molar-refractivity contribution in [2.45, 2.75) is 115 Å². The molecule has 0 aliphatic heterocycles. The van der Waals surface area contributed by atoms with Crippen LogP contribution in [0.1, 0.15) is 79.6 Å². The van der Waals surface area contributed by atoms with Crippen LogP contribution in [0, 0.1) is 0 Å². The van der Waals surface area contributed by atoms with Crippen LogP contribution in [0.2, 0.25) is 17.2 Å². The van der Waals surface area contributed by atoms with Crippen LogP contribution in [0.3, 0.4) is 0 Å². The van der Waals surface area contributed by atoms with Gasteiger partial charge >= 0.3 is 148 Å². The third-order valence-electron chi connectivity index (χ3n) is 5.56. The number of hydrogen-bond acceptors (Lipinski definition) is 3. The summed E-state index contributed by atoms with van der Waals surface area (Å²) in [7, 11) is 0. The Morgan fingerprint density at radius 2 is 1.43 bits per heavy atom. The first kappa shape index (κ1) is 21.7. The summed E-state index contributed by atoms with van der Waals surface area (Å²) in [4.78, 5) is 0. The molecule has 3 nitrogen and oxygen atoms in total. The minimum atomic E-state index is -2.68. The average Bonchev–Trinajstić information content (AvgIpc) is 2.47. The molecule has 1 aliphatic rings. The van der Waals surface area contributed by atoms with E-state index in [2.05, 4.69) is 20.8 Å². The first-order chi connectivity index (χ1) is 10.8. The van der Waals surface area contributed by atoms with Crippen molar-refractivity contribution in [3.63, 3.8) is 0 Å². The van der Waals surface area contributed by atoms with Crippen molar-refractivity contribution in [3.05, 3.63) is 0 Å². The van der Waals surface area contributed by atoms with Crippen molar-refractivity contribution in [1.29, 1.82) is 0 Å². The number of unbranched alkanes of at least 4 members (excludes halogenated alkanes) is 3. The molecule has 138 valence electrons. The van der Waals surface area contributed by atoms with Crippen molar-refractivity contribution in [2.75, 3.05) is 0 Å². The van der Waals surface area contributed by atoms with Gasteiger partial charge in [0.15, 0.2) is 0 Å². The minimum absolute atomic E-state index is 0.0162. The number of aliphatic hydroxyl groups excluding tert-OH is 1. The van der Waals surface area contributed by atoms with Crippen LogP contribution >= 0.6 is 0 Å². The average molecular weight is 435 g/mol. The summed E-state index contributed by atoms with van der Waals surface area (Å²) in [6, 6.07) is 0. The number of ether oxygens (including phenoxy) is 1. The molecule has 0 radical (unpaired) electrons. The second-order valence-corrected chi connectivity index (χ2v) is 21.8. The second-order valence-electron chi connectivity index (χ2n) is 7.93. The van der Waals surface area contributed by atoms with Crippen molar-refractivity contribution in [1.82, 2.24) is 0 Å². The molecule has 1 rings (SSSR count). The molecule has 4 heteroatoms. The van der Waals surface area contributed by atoms with E-state index in [0.29, 0.717) is 6.42 Å². The van der Waals surface area contributed by atoms with Gasteiger partial charge in [0.05, 0.1) is 0 Å². The summed E-state index contributed by atoms with van der Waals surface area (Å²) in [6.45, 7) is 10.7. The molecule has 3 atom stereocenters. The summed E-state index contributed by atoms with van der Waals surface area (Å²) in [5.74, 6) is -1.04. The Morgan fingerprint density at radius 1 is 1.00 bits per heavy atom. The van der Waals surface area contributed by atoms with Gasteiger partial charge in [-0.05, 0) is 0 Å². The van der Waals surface area contributed by atoms with Gasteiger partial charge in [-0.25, -0.2) is 0 Å². The second kappa shape index (κ2) is 9.98. The summed E-state index contributed by atoms with van der Waals surface area (Å²) in [6.07, 6.45) is 7.50. The van der Waals surface area contributed by atoms with Crippen LogP contribution in [0.15, 0.2) is 0 Å². The van der Waals surface area contributed by atoms with E-state index in [1.807, 2.05) is 13.8 Å². The third-order valence-corrected chi connectivity index (χ3v) is 23.3. The summed E-state index contributed by atoms with van der Waals surface area (Å²) in [5.41, 5.74) is 0. The molecule has 0 aromatic carbocycles. The van der Waals surface area contributed by atoms with E-state index < -0.39 is 24.2 Å². The van der Waals surface area contributed by atoms with E-state index in [-0.39, 0.29) is 16.1 Å².